The van der Waals surface area contributed by atoms with E-state index in [1.807, 2.05) is 0 Å². The van der Waals surface area contributed by atoms with E-state index in [0.29, 0.717) is 34.4 Å². The molecule has 0 aliphatic heterocycles. The molecule has 0 spiro atoms. The lowest BCUT2D eigenvalue weighted by Gasteiger charge is -2.27. The Hall–Kier alpha value is -3.43. The van der Waals surface area contributed by atoms with E-state index in [0.717, 1.165) is 4.31 Å². The van der Waals surface area contributed by atoms with Crippen LogP contribution in [0.4, 0.5) is 5.69 Å². The van der Waals surface area contributed by atoms with E-state index >= 15 is 0 Å². The first-order chi connectivity index (χ1) is 17.2. The summed E-state index contributed by atoms with van der Waals surface area (Å²) in [7, 11) is -1.06. The van der Waals surface area contributed by atoms with Crippen molar-refractivity contribution in [3.63, 3.8) is 0 Å². The Morgan fingerprint density at radius 1 is 1.00 bits per heavy atom. The molecule has 192 valence electrons. The van der Waals surface area contributed by atoms with Crippen molar-refractivity contribution in [2.45, 2.75) is 24.8 Å². The number of carbonyl (C=O) groups excluding carboxylic acids is 1. The molecular weight excluding hydrogens is 504 g/mol. The Bertz CT molecular complexity index is 1300. The van der Waals surface area contributed by atoms with Gasteiger partial charge in [0, 0.05) is 10.6 Å². The van der Waals surface area contributed by atoms with E-state index in [2.05, 4.69) is 5.32 Å². The summed E-state index contributed by atoms with van der Waals surface area (Å²) in [4.78, 5) is 13.2. The number of para-hydroxylation sites is 2. The number of benzene rings is 3. The number of amides is 1. The molecule has 0 unspecified atom stereocenters. The second-order valence-electron chi connectivity index (χ2n) is 7.76. The third kappa shape index (κ3) is 6.22. The molecule has 0 heterocycles. The van der Waals surface area contributed by atoms with E-state index in [4.69, 9.17) is 25.8 Å². The molecule has 36 heavy (non-hydrogen) atoms. The number of rotatable bonds is 11. The Labute approximate surface area is 216 Å². The Morgan fingerprint density at radius 2 is 1.69 bits per heavy atom. The summed E-state index contributed by atoms with van der Waals surface area (Å²) in [6.45, 7) is 3.42. The quantitative estimate of drug-likeness (QED) is 0.380. The molecule has 0 aliphatic carbocycles. The third-order valence-corrected chi connectivity index (χ3v) is 7.43. The first-order valence-electron chi connectivity index (χ1n) is 11.2. The molecule has 1 amide bonds. The van der Waals surface area contributed by atoms with Crippen LogP contribution >= 0.6 is 11.6 Å². The van der Waals surface area contributed by atoms with Crippen molar-refractivity contribution in [2.24, 2.45) is 0 Å². The lowest BCUT2D eigenvalue weighted by Crippen LogP contribution is -2.41. The van der Waals surface area contributed by atoms with Gasteiger partial charge in [-0.25, -0.2) is 8.42 Å². The molecule has 3 aromatic rings. The van der Waals surface area contributed by atoms with Gasteiger partial charge in [-0.3, -0.25) is 9.10 Å². The zero-order valence-corrected chi connectivity index (χ0v) is 22.1. The van der Waals surface area contributed by atoms with Gasteiger partial charge in [0.15, 0.2) is 0 Å². The molecule has 0 bridgehead atoms. The highest BCUT2D eigenvalue weighted by Crippen LogP contribution is 2.33. The minimum atomic E-state index is -4.14. The van der Waals surface area contributed by atoms with Crippen molar-refractivity contribution in [3.05, 3.63) is 77.3 Å². The summed E-state index contributed by atoms with van der Waals surface area (Å²) in [5.41, 5.74) is 0.933. The van der Waals surface area contributed by atoms with Gasteiger partial charge in [0.25, 0.3) is 10.0 Å². The molecule has 0 radical (unpaired) electrons. The Kier molecular flexibility index (Phi) is 9.06. The van der Waals surface area contributed by atoms with Crippen molar-refractivity contribution < 1.29 is 27.4 Å². The molecule has 3 rings (SSSR count). The molecule has 1 N–H and O–H groups in total. The van der Waals surface area contributed by atoms with Crippen molar-refractivity contribution in [2.75, 3.05) is 31.7 Å². The lowest BCUT2D eigenvalue weighted by atomic mass is 10.1. The fourth-order valence-electron chi connectivity index (χ4n) is 3.65. The summed E-state index contributed by atoms with van der Waals surface area (Å²) in [6, 6.07) is 17.2. The third-order valence-electron chi connectivity index (χ3n) is 5.40. The average molecular weight is 533 g/mol. The summed E-state index contributed by atoms with van der Waals surface area (Å²) in [6.07, 6.45) is 0. The number of carbonyl (C=O) groups is 1. The van der Waals surface area contributed by atoms with Crippen LogP contribution in [0.15, 0.2) is 71.6 Å². The predicted octanol–water partition coefficient (Wildman–Crippen LogP) is 4.83. The van der Waals surface area contributed by atoms with Crippen LogP contribution in [0, 0.1) is 0 Å². The second kappa shape index (κ2) is 12.0. The largest absolute Gasteiger partial charge is 0.497 e. The Balaban J connectivity index is 1.96. The van der Waals surface area contributed by atoms with E-state index in [-0.39, 0.29) is 10.6 Å². The summed E-state index contributed by atoms with van der Waals surface area (Å²) in [5.74, 6) is 0.990. The molecule has 10 heteroatoms. The fraction of sp³-hybridized carbons (Fsp3) is 0.269. The van der Waals surface area contributed by atoms with Gasteiger partial charge in [-0.1, -0.05) is 23.7 Å². The molecular formula is C26H29ClN2O6S. The van der Waals surface area contributed by atoms with Crippen LogP contribution in [-0.2, 0) is 14.8 Å². The number of methoxy groups -OCH3 is 2. The molecule has 0 saturated carbocycles. The van der Waals surface area contributed by atoms with Crippen LogP contribution in [0.1, 0.15) is 25.5 Å². The van der Waals surface area contributed by atoms with E-state index < -0.39 is 28.5 Å². The molecule has 0 saturated heterocycles. The minimum Gasteiger partial charge on any atom is -0.497 e. The molecule has 3 aromatic carbocycles. The number of halogens is 1. The number of nitrogens with one attached hydrogen (secondary N) is 1. The van der Waals surface area contributed by atoms with Crippen LogP contribution in [0.5, 0.6) is 17.2 Å². The van der Waals surface area contributed by atoms with Crippen LogP contribution in [-0.4, -0.2) is 41.7 Å². The van der Waals surface area contributed by atoms with Crippen molar-refractivity contribution in [1.29, 1.82) is 0 Å². The van der Waals surface area contributed by atoms with Gasteiger partial charge in [0.1, 0.15) is 23.8 Å². The first kappa shape index (κ1) is 27.2. The summed E-state index contributed by atoms with van der Waals surface area (Å²) < 4.78 is 44.8. The van der Waals surface area contributed by atoms with Gasteiger partial charge < -0.3 is 19.5 Å². The second-order valence-corrected chi connectivity index (χ2v) is 10.1. The maximum Gasteiger partial charge on any atom is 0.264 e. The van der Waals surface area contributed by atoms with Crippen LogP contribution < -0.4 is 23.8 Å². The molecule has 0 aliphatic rings. The number of hydrogen-bond donors (Lipinski definition) is 1. The van der Waals surface area contributed by atoms with E-state index in [1.54, 1.807) is 63.4 Å². The topological polar surface area (TPSA) is 94.2 Å². The van der Waals surface area contributed by atoms with Crippen molar-refractivity contribution >= 4 is 33.2 Å². The molecule has 0 fully saturated rings. The van der Waals surface area contributed by atoms with Crippen molar-refractivity contribution in [1.82, 2.24) is 5.32 Å². The fourth-order valence-corrected chi connectivity index (χ4v) is 5.20. The first-order valence-corrected chi connectivity index (χ1v) is 13.0. The van der Waals surface area contributed by atoms with E-state index in [9.17, 15) is 13.2 Å². The number of ether oxygens (including phenoxy) is 3. The van der Waals surface area contributed by atoms with Gasteiger partial charge in [-0.2, -0.15) is 0 Å². The predicted molar refractivity (Wildman–Crippen MR) is 140 cm³/mol. The summed E-state index contributed by atoms with van der Waals surface area (Å²) >= 11 is 5.96. The number of sulfonamides is 1. The molecule has 8 nitrogen and oxygen atoms in total. The zero-order valence-electron chi connectivity index (χ0n) is 20.5. The highest BCUT2D eigenvalue weighted by atomic mass is 35.5. The minimum absolute atomic E-state index is 0.00600. The highest BCUT2D eigenvalue weighted by Gasteiger charge is 2.30. The maximum atomic E-state index is 13.7. The molecule has 0 aromatic heterocycles. The number of nitrogens with zero attached hydrogens (tertiary/aromatic N) is 1. The zero-order chi connectivity index (χ0) is 26.3. The van der Waals surface area contributed by atoms with E-state index in [1.165, 1.54) is 31.4 Å². The van der Waals surface area contributed by atoms with Gasteiger partial charge in [-0.05, 0) is 68.4 Å². The number of anilines is 1. The maximum absolute atomic E-state index is 13.7. The highest BCUT2D eigenvalue weighted by molar-refractivity contribution is 7.92. The van der Waals surface area contributed by atoms with Crippen LogP contribution in [0.2, 0.25) is 5.02 Å². The van der Waals surface area contributed by atoms with Gasteiger partial charge in [0.05, 0.1) is 37.5 Å². The number of hydrogen-bond acceptors (Lipinski definition) is 6. The van der Waals surface area contributed by atoms with Gasteiger partial charge in [-0.15, -0.1) is 0 Å². The monoisotopic (exact) mass is 532 g/mol. The van der Waals surface area contributed by atoms with Gasteiger partial charge in [0.2, 0.25) is 5.91 Å². The standard InChI is InChI=1S/C26H29ClN2O6S/c1-5-35-25-9-7-6-8-23(25)29(36(31,32)21-13-10-19(27)11-14-21)17-26(30)28-18(2)22-16-20(33-3)12-15-24(22)34-4/h6-16,18H,5,17H2,1-4H3,(H,28,30)/t18-/m0/s1. The SMILES string of the molecule is CCOc1ccccc1N(CC(=O)N[C@@H](C)c1cc(OC)ccc1OC)S(=O)(=O)c1ccc(Cl)cc1. The van der Waals surface area contributed by atoms with Crippen LogP contribution in [0.3, 0.4) is 0 Å². The summed E-state index contributed by atoms with van der Waals surface area (Å²) in [5, 5.41) is 3.26. The average Bonchev–Trinajstić information content (AvgIpc) is 2.87. The Morgan fingerprint density at radius 3 is 2.33 bits per heavy atom. The molecule has 1 atom stereocenters. The lowest BCUT2D eigenvalue weighted by molar-refractivity contribution is -0.120. The van der Waals surface area contributed by atoms with Gasteiger partial charge >= 0.3 is 0 Å². The van der Waals surface area contributed by atoms with Crippen LogP contribution in [0.25, 0.3) is 0 Å². The smallest absolute Gasteiger partial charge is 0.264 e. The van der Waals surface area contributed by atoms with Crippen molar-refractivity contribution in [3.8, 4) is 17.2 Å². The normalized spacial score (nSPS) is 11.9.